The molecular weight excluding hydrogens is 460 g/mol. The van der Waals surface area contributed by atoms with Crippen molar-refractivity contribution in [1.29, 1.82) is 0 Å². The molecule has 0 bridgehead atoms. The summed E-state index contributed by atoms with van der Waals surface area (Å²) in [5.41, 5.74) is 7.51. The number of fused-ring (bicyclic) bond motifs is 3. The Labute approximate surface area is 196 Å². The molecule has 2 N–H and O–H groups in total. The first kappa shape index (κ1) is 22.2. The number of hydrogen-bond donors (Lipinski definition) is 1. The molecule has 2 aliphatic rings. The highest BCUT2D eigenvalue weighted by Crippen LogP contribution is 2.37. The molecule has 0 saturated carbocycles. The smallest absolute Gasteiger partial charge is 0.309 e. The van der Waals surface area contributed by atoms with E-state index in [2.05, 4.69) is 9.97 Å². The van der Waals surface area contributed by atoms with E-state index in [0.717, 1.165) is 29.5 Å². The standard InChI is InChI=1S/C23H26N4O4S2/c24-21-20-17-8-4-5-9-18(17)32-22(20)26-19(25-21)14-31-23(28)15-10-12-27(13-11-15)33(29,30)16-6-2-1-3-7-16/h1-3,6-7,15H,4-5,8-14H2,(H2,24,25,26). The van der Waals surface area contributed by atoms with E-state index in [1.165, 1.54) is 21.2 Å². The van der Waals surface area contributed by atoms with Gasteiger partial charge in [-0.05, 0) is 56.2 Å². The highest BCUT2D eigenvalue weighted by Gasteiger charge is 2.33. The molecule has 0 radical (unpaired) electrons. The third-order valence-electron chi connectivity index (χ3n) is 6.40. The van der Waals surface area contributed by atoms with Crippen LogP contribution in [0.1, 0.15) is 41.9 Å². The largest absolute Gasteiger partial charge is 0.457 e. The number of nitrogens with two attached hydrogens (primary N) is 1. The Morgan fingerprint density at radius 2 is 1.85 bits per heavy atom. The molecule has 1 aliphatic carbocycles. The Kier molecular flexibility index (Phi) is 6.07. The number of rotatable bonds is 5. The average molecular weight is 487 g/mol. The van der Waals surface area contributed by atoms with E-state index in [9.17, 15) is 13.2 Å². The second-order valence-corrected chi connectivity index (χ2v) is 11.5. The average Bonchev–Trinajstić information content (AvgIpc) is 3.22. The van der Waals surface area contributed by atoms with Crippen LogP contribution in [0.15, 0.2) is 35.2 Å². The van der Waals surface area contributed by atoms with Crippen molar-refractivity contribution in [2.24, 2.45) is 5.92 Å². The van der Waals surface area contributed by atoms with Gasteiger partial charge < -0.3 is 10.5 Å². The van der Waals surface area contributed by atoms with Gasteiger partial charge in [0.25, 0.3) is 0 Å². The van der Waals surface area contributed by atoms with E-state index in [1.54, 1.807) is 41.7 Å². The summed E-state index contributed by atoms with van der Waals surface area (Å²) in [6.45, 7) is 0.532. The molecule has 0 spiro atoms. The lowest BCUT2D eigenvalue weighted by Gasteiger charge is -2.30. The summed E-state index contributed by atoms with van der Waals surface area (Å²) in [4.78, 5) is 24.1. The molecule has 1 aliphatic heterocycles. The van der Waals surface area contributed by atoms with Gasteiger partial charge in [0.15, 0.2) is 12.4 Å². The van der Waals surface area contributed by atoms with Crippen molar-refractivity contribution in [1.82, 2.24) is 14.3 Å². The monoisotopic (exact) mass is 486 g/mol. The number of esters is 1. The fourth-order valence-electron chi connectivity index (χ4n) is 4.62. The fourth-order valence-corrected chi connectivity index (χ4v) is 7.40. The normalized spacial score (nSPS) is 17.7. The molecule has 1 fully saturated rings. The first-order chi connectivity index (χ1) is 15.9. The Balaban J connectivity index is 1.20. The Morgan fingerprint density at radius 3 is 2.61 bits per heavy atom. The zero-order valence-corrected chi connectivity index (χ0v) is 19.8. The Morgan fingerprint density at radius 1 is 1.12 bits per heavy atom. The lowest BCUT2D eigenvalue weighted by atomic mass is 9.97. The summed E-state index contributed by atoms with van der Waals surface area (Å²) in [6.07, 6.45) is 5.25. The summed E-state index contributed by atoms with van der Waals surface area (Å²) >= 11 is 1.66. The van der Waals surface area contributed by atoms with E-state index in [4.69, 9.17) is 10.5 Å². The van der Waals surface area contributed by atoms with Crippen LogP contribution in [-0.4, -0.2) is 41.7 Å². The number of thiophene rings is 1. The molecule has 5 rings (SSSR count). The van der Waals surface area contributed by atoms with Gasteiger partial charge in [0.05, 0.1) is 16.2 Å². The van der Waals surface area contributed by atoms with Crippen LogP contribution < -0.4 is 5.73 Å². The van der Waals surface area contributed by atoms with Crippen LogP contribution in [0.4, 0.5) is 5.82 Å². The fraction of sp³-hybridized carbons (Fsp3) is 0.435. The summed E-state index contributed by atoms with van der Waals surface area (Å²) in [5.74, 6) is 0.155. The summed E-state index contributed by atoms with van der Waals surface area (Å²) in [6, 6.07) is 8.36. The van der Waals surface area contributed by atoms with E-state index < -0.39 is 10.0 Å². The first-order valence-electron chi connectivity index (χ1n) is 11.2. The molecule has 1 saturated heterocycles. The van der Waals surface area contributed by atoms with E-state index in [0.29, 0.717) is 24.5 Å². The number of piperidine rings is 1. The number of sulfonamides is 1. The predicted molar refractivity (Wildman–Crippen MR) is 126 cm³/mol. The summed E-state index contributed by atoms with van der Waals surface area (Å²) < 4.78 is 32.5. The number of aromatic nitrogens is 2. The number of benzene rings is 1. The first-order valence-corrected chi connectivity index (χ1v) is 13.5. The van der Waals surface area contributed by atoms with Gasteiger partial charge >= 0.3 is 5.97 Å². The molecule has 0 atom stereocenters. The van der Waals surface area contributed by atoms with Gasteiger partial charge in [0, 0.05) is 18.0 Å². The van der Waals surface area contributed by atoms with Gasteiger partial charge in [-0.3, -0.25) is 4.79 Å². The number of aryl methyl sites for hydroxylation is 2. The minimum Gasteiger partial charge on any atom is -0.457 e. The lowest BCUT2D eigenvalue weighted by Crippen LogP contribution is -2.40. The van der Waals surface area contributed by atoms with Gasteiger partial charge in [-0.1, -0.05) is 18.2 Å². The number of carbonyl (C=O) groups excluding carboxylic acids is 1. The number of carbonyl (C=O) groups is 1. The number of ether oxygens (including phenoxy) is 1. The molecule has 3 heterocycles. The van der Waals surface area contributed by atoms with Crippen LogP contribution in [-0.2, 0) is 39.0 Å². The number of nitrogens with zero attached hydrogens (tertiary/aromatic N) is 3. The topological polar surface area (TPSA) is 115 Å². The Hall–Kier alpha value is -2.56. The molecule has 8 nitrogen and oxygen atoms in total. The SMILES string of the molecule is Nc1nc(COC(=O)C2CCN(S(=O)(=O)c3ccccc3)CC2)nc2sc3c(c12)CCCC3. The third kappa shape index (κ3) is 4.34. The van der Waals surface area contributed by atoms with Crippen LogP contribution in [0.3, 0.4) is 0 Å². The van der Waals surface area contributed by atoms with E-state index in [1.807, 2.05) is 0 Å². The zero-order chi connectivity index (χ0) is 23.0. The lowest BCUT2D eigenvalue weighted by molar-refractivity contribution is -0.151. The number of nitrogen functional groups attached to an aromatic ring is 1. The van der Waals surface area contributed by atoms with Crippen molar-refractivity contribution in [2.75, 3.05) is 18.8 Å². The molecule has 10 heteroatoms. The van der Waals surface area contributed by atoms with Crippen LogP contribution in [0, 0.1) is 5.92 Å². The molecular formula is C23H26N4O4S2. The highest BCUT2D eigenvalue weighted by molar-refractivity contribution is 7.89. The maximum atomic E-state index is 12.8. The molecule has 0 amide bonds. The van der Waals surface area contributed by atoms with Crippen molar-refractivity contribution in [3.63, 3.8) is 0 Å². The molecule has 174 valence electrons. The predicted octanol–water partition coefficient (Wildman–Crippen LogP) is 3.30. The van der Waals surface area contributed by atoms with Crippen LogP contribution in [0.5, 0.6) is 0 Å². The van der Waals surface area contributed by atoms with E-state index in [-0.39, 0.29) is 36.5 Å². The van der Waals surface area contributed by atoms with Crippen molar-refractivity contribution in [3.8, 4) is 0 Å². The summed E-state index contributed by atoms with van der Waals surface area (Å²) in [7, 11) is -3.55. The van der Waals surface area contributed by atoms with Crippen molar-refractivity contribution in [3.05, 3.63) is 46.6 Å². The maximum absolute atomic E-state index is 12.8. The minimum absolute atomic E-state index is 0.0376. The zero-order valence-electron chi connectivity index (χ0n) is 18.2. The maximum Gasteiger partial charge on any atom is 0.309 e. The molecule has 0 unspecified atom stereocenters. The highest BCUT2D eigenvalue weighted by atomic mass is 32.2. The second kappa shape index (κ2) is 9.00. The van der Waals surface area contributed by atoms with Gasteiger partial charge in [-0.2, -0.15) is 4.31 Å². The molecule has 3 aromatic rings. The van der Waals surface area contributed by atoms with Crippen molar-refractivity contribution in [2.45, 2.75) is 50.0 Å². The van der Waals surface area contributed by atoms with Crippen molar-refractivity contribution < 1.29 is 17.9 Å². The third-order valence-corrected chi connectivity index (χ3v) is 9.50. The molecule has 1 aromatic carbocycles. The van der Waals surface area contributed by atoms with Crippen LogP contribution in [0.2, 0.25) is 0 Å². The van der Waals surface area contributed by atoms with Gasteiger partial charge in [-0.15, -0.1) is 11.3 Å². The molecule has 33 heavy (non-hydrogen) atoms. The second-order valence-electron chi connectivity index (χ2n) is 8.52. The van der Waals surface area contributed by atoms with Crippen molar-refractivity contribution >= 4 is 43.4 Å². The van der Waals surface area contributed by atoms with Gasteiger partial charge in [0.2, 0.25) is 10.0 Å². The van der Waals surface area contributed by atoms with Crippen LogP contribution >= 0.6 is 11.3 Å². The summed E-state index contributed by atoms with van der Waals surface area (Å²) in [5, 5.41) is 0.955. The van der Waals surface area contributed by atoms with Crippen LogP contribution in [0.25, 0.3) is 10.2 Å². The molecule has 2 aromatic heterocycles. The minimum atomic E-state index is -3.55. The quantitative estimate of drug-likeness (QED) is 0.550. The Bertz CT molecular complexity index is 1280. The van der Waals surface area contributed by atoms with E-state index >= 15 is 0 Å². The van der Waals surface area contributed by atoms with Gasteiger partial charge in [-0.25, -0.2) is 18.4 Å². The number of anilines is 1. The number of hydrogen-bond acceptors (Lipinski definition) is 8. The van der Waals surface area contributed by atoms with Gasteiger partial charge in [0.1, 0.15) is 10.6 Å².